The Morgan fingerprint density at radius 1 is 0.329 bits per heavy atom. The third kappa shape index (κ3) is 6.05. The maximum absolute atomic E-state index is 6.89. The van der Waals surface area contributed by atoms with Crippen LogP contribution in [0.25, 0.3) is 146 Å². The average molecular weight is 929 g/mol. The molecule has 0 amide bonds. The normalized spacial score (nSPS) is 12.0. The van der Waals surface area contributed by atoms with Crippen LogP contribution in [0.2, 0.25) is 0 Å². The van der Waals surface area contributed by atoms with Crippen LogP contribution >= 0.6 is 22.7 Å². The molecule has 10 aromatic carbocycles. The van der Waals surface area contributed by atoms with Gasteiger partial charge in [-0.2, -0.15) is 0 Å². The zero-order valence-corrected chi connectivity index (χ0v) is 38.9. The van der Waals surface area contributed by atoms with Crippen LogP contribution in [0.15, 0.2) is 223 Å². The molecule has 5 nitrogen and oxygen atoms in total. The highest BCUT2D eigenvalue weighted by molar-refractivity contribution is 7.26. The summed E-state index contributed by atoms with van der Waals surface area (Å²) < 4.78 is 14.2. The fourth-order valence-electron chi connectivity index (χ4n) is 10.6. The number of hydrogen-bond donors (Lipinski definition) is 0. The van der Waals surface area contributed by atoms with Gasteiger partial charge in [-0.3, -0.25) is 0 Å². The van der Waals surface area contributed by atoms with Gasteiger partial charge in [-0.1, -0.05) is 164 Å². The van der Waals surface area contributed by atoms with E-state index in [9.17, 15) is 0 Å². The van der Waals surface area contributed by atoms with Gasteiger partial charge in [-0.05, 0) is 65.7 Å². The van der Waals surface area contributed by atoms with E-state index in [1.165, 1.54) is 40.3 Å². The van der Waals surface area contributed by atoms with Crippen LogP contribution in [0, 0.1) is 0 Å². The molecule has 0 saturated carbocycles. The molecule has 0 bridgehead atoms. The lowest BCUT2D eigenvalue weighted by molar-refractivity contribution is 0.671. The summed E-state index contributed by atoms with van der Waals surface area (Å²) in [7, 11) is 0. The summed E-state index contributed by atoms with van der Waals surface area (Å²) in [5.41, 5.74) is 11.8. The Hall–Kier alpha value is -8.75. The Bertz CT molecular complexity index is 4410. The van der Waals surface area contributed by atoms with Gasteiger partial charge in [0.25, 0.3) is 0 Å². The second kappa shape index (κ2) is 15.4. The maximum atomic E-state index is 6.89. The minimum absolute atomic E-state index is 0.593. The summed E-state index contributed by atoms with van der Waals surface area (Å²) in [5, 5.41) is 9.44. The molecule has 0 aliphatic rings. The summed E-state index contributed by atoms with van der Waals surface area (Å²) >= 11 is 3.60. The van der Waals surface area contributed by atoms with E-state index >= 15 is 0 Å². The molecule has 0 aliphatic carbocycles. The van der Waals surface area contributed by atoms with Crippen molar-refractivity contribution in [1.29, 1.82) is 0 Å². The summed E-state index contributed by atoms with van der Waals surface area (Å²) in [6.07, 6.45) is 0. The first-order valence-electron chi connectivity index (χ1n) is 23.4. The van der Waals surface area contributed by atoms with Gasteiger partial charge in [-0.15, -0.1) is 22.7 Å². The topological polar surface area (TPSA) is 56.7 Å². The van der Waals surface area contributed by atoms with Gasteiger partial charge in [0.05, 0.1) is 16.7 Å². The summed E-state index contributed by atoms with van der Waals surface area (Å²) in [6.45, 7) is 0. The van der Waals surface area contributed by atoms with Gasteiger partial charge < -0.3 is 8.98 Å². The van der Waals surface area contributed by atoms with Crippen molar-refractivity contribution < 1.29 is 4.42 Å². The van der Waals surface area contributed by atoms with E-state index in [1.807, 2.05) is 6.07 Å². The number of rotatable bonds is 6. The van der Waals surface area contributed by atoms with Crippen LogP contribution in [0.3, 0.4) is 0 Å². The number of nitrogens with zero attached hydrogens (tertiary/aromatic N) is 4. The van der Waals surface area contributed by atoms with Crippen LogP contribution in [-0.2, 0) is 0 Å². The molecule has 326 valence electrons. The highest BCUT2D eigenvalue weighted by Crippen LogP contribution is 2.47. The molecular formula is C63H36N4OS2. The third-order valence-electron chi connectivity index (χ3n) is 13.9. The Morgan fingerprint density at radius 3 is 1.39 bits per heavy atom. The zero-order chi connectivity index (χ0) is 45.9. The molecule has 0 radical (unpaired) electrons. The summed E-state index contributed by atoms with van der Waals surface area (Å²) in [4.78, 5) is 16.2. The minimum Gasteiger partial charge on any atom is -0.454 e. The van der Waals surface area contributed by atoms with Crippen LogP contribution in [0.1, 0.15) is 0 Å². The number of thiophene rings is 2. The molecule has 0 unspecified atom stereocenters. The van der Waals surface area contributed by atoms with Gasteiger partial charge >= 0.3 is 0 Å². The molecule has 7 heteroatoms. The molecule has 0 aliphatic heterocycles. The molecule has 0 saturated heterocycles. The number of aromatic nitrogens is 4. The number of hydrogen-bond acceptors (Lipinski definition) is 6. The molecule has 0 spiro atoms. The van der Waals surface area contributed by atoms with Crippen molar-refractivity contribution in [1.82, 2.24) is 19.5 Å². The Balaban J connectivity index is 1.03. The first-order valence-corrected chi connectivity index (χ1v) is 25.0. The van der Waals surface area contributed by atoms with E-state index in [2.05, 4.69) is 217 Å². The minimum atomic E-state index is 0.593. The summed E-state index contributed by atoms with van der Waals surface area (Å²) in [5.74, 6) is 1.84. The first kappa shape index (κ1) is 39.3. The van der Waals surface area contributed by atoms with Crippen LogP contribution < -0.4 is 0 Å². The van der Waals surface area contributed by atoms with E-state index in [0.717, 1.165) is 88.4 Å². The van der Waals surface area contributed by atoms with Crippen molar-refractivity contribution in [2.24, 2.45) is 0 Å². The average Bonchev–Trinajstić information content (AvgIpc) is 4.19. The van der Waals surface area contributed by atoms with Crippen molar-refractivity contribution in [3.8, 4) is 62.1 Å². The third-order valence-corrected chi connectivity index (χ3v) is 16.1. The SMILES string of the molecule is c1ccc(-c2cc(-c3nc(-c4ccc5c(c4)sc4ccccc45)nc(-c4ccc5c(c4)sc4ccccc45)n3)cc(-c3ccccc3)c2-n2c3ccccc3c3ccc4c5ccccc5oc4c32)cc1. The van der Waals surface area contributed by atoms with Crippen molar-refractivity contribution in [3.05, 3.63) is 218 Å². The van der Waals surface area contributed by atoms with Gasteiger partial charge in [-0.25, -0.2) is 15.0 Å². The van der Waals surface area contributed by atoms with Crippen molar-refractivity contribution in [3.63, 3.8) is 0 Å². The Morgan fingerprint density at radius 2 is 0.786 bits per heavy atom. The van der Waals surface area contributed by atoms with Gasteiger partial charge in [0.15, 0.2) is 23.1 Å². The molecule has 15 rings (SSSR count). The predicted octanol–water partition coefficient (Wildman–Crippen LogP) is 17.9. The van der Waals surface area contributed by atoms with Crippen LogP contribution in [-0.4, -0.2) is 19.5 Å². The summed E-state index contributed by atoms with van der Waals surface area (Å²) in [6, 6.07) is 78.0. The fraction of sp³-hybridized carbons (Fsp3) is 0. The Kier molecular flexibility index (Phi) is 8.63. The van der Waals surface area contributed by atoms with Crippen LogP contribution in [0.5, 0.6) is 0 Å². The number of benzene rings is 10. The van der Waals surface area contributed by atoms with Gasteiger partial charge in [0.2, 0.25) is 0 Å². The molecule has 5 aromatic heterocycles. The fourth-order valence-corrected chi connectivity index (χ4v) is 12.9. The van der Waals surface area contributed by atoms with Crippen LogP contribution in [0.4, 0.5) is 0 Å². The lowest BCUT2D eigenvalue weighted by Crippen LogP contribution is -2.04. The zero-order valence-electron chi connectivity index (χ0n) is 37.3. The largest absolute Gasteiger partial charge is 0.454 e. The highest BCUT2D eigenvalue weighted by Gasteiger charge is 2.26. The molecule has 15 aromatic rings. The van der Waals surface area contributed by atoms with Gasteiger partial charge in [0.1, 0.15) is 5.58 Å². The van der Waals surface area contributed by atoms with E-state index in [4.69, 9.17) is 19.4 Å². The van der Waals surface area contributed by atoms with E-state index in [-0.39, 0.29) is 0 Å². The number of fused-ring (bicyclic) bond motifs is 13. The molecular weight excluding hydrogens is 893 g/mol. The second-order valence-corrected chi connectivity index (χ2v) is 20.0. The van der Waals surface area contributed by atoms with E-state index in [1.54, 1.807) is 22.7 Å². The maximum Gasteiger partial charge on any atom is 0.164 e. The molecule has 0 fully saturated rings. The van der Waals surface area contributed by atoms with E-state index < -0.39 is 0 Å². The number of para-hydroxylation sites is 2. The van der Waals surface area contributed by atoms with Crippen molar-refractivity contribution in [2.75, 3.05) is 0 Å². The monoisotopic (exact) mass is 928 g/mol. The molecule has 70 heavy (non-hydrogen) atoms. The van der Waals surface area contributed by atoms with Crippen molar-refractivity contribution >= 4 is 107 Å². The van der Waals surface area contributed by atoms with E-state index in [0.29, 0.717) is 17.5 Å². The lowest BCUT2D eigenvalue weighted by Gasteiger charge is -2.21. The quantitative estimate of drug-likeness (QED) is 0.167. The molecule has 0 N–H and O–H groups in total. The Labute approximate surface area is 408 Å². The highest BCUT2D eigenvalue weighted by atomic mass is 32.1. The van der Waals surface area contributed by atoms with Gasteiger partial charge in [0, 0.05) is 89.7 Å². The molecule has 5 heterocycles. The smallest absolute Gasteiger partial charge is 0.164 e. The predicted molar refractivity (Wildman–Crippen MR) is 294 cm³/mol. The standard InChI is InChI=1S/C63H36N4OS2/c1-3-15-37(16-4-1)50-33-41(34-51(38-17-5-2-6-18-38)58(50)67-52-23-11-7-19-42(52)48-31-32-49-43-20-8-12-24-53(43)68-60(49)59(48)67)63-65-61(39-27-29-46-44-21-9-13-25-54(44)69-56(46)35-39)64-62(66-63)40-28-30-47-45-22-10-14-26-55(45)70-57(47)36-40/h1-36H. The first-order chi connectivity index (χ1) is 34.7. The second-order valence-electron chi connectivity index (χ2n) is 17.9. The van der Waals surface area contributed by atoms with Crippen molar-refractivity contribution in [2.45, 2.75) is 0 Å². The molecule has 0 atom stereocenters. The number of furan rings is 1. The lowest BCUT2D eigenvalue weighted by atomic mass is 9.92.